The first-order chi connectivity index (χ1) is 7.63. The molecule has 2 rings (SSSR count). The molecule has 0 bridgehead atoms. The van der Waals surface area contributed by atoms with E-state index < -0.39 is 6.04 Å². The van der Waals surface area contributed by atoms with Crippen LogP contribution in [0.25, 0.3) is 6.08 Å². The van der Waals surface area contributed by atoms with Gasteiger partial charge in [-0.3, -0.25) is 10.1 Å². The third-order valence-electron chi connectivity index (χ3n) is 2.67. The zero-order valence-corrected chi connectivity index (χ0v) is 8.93. The van der Waals surface area contributed by atoms with Crippen LogP contribution in [0.4, 0.5) is 4.79 Å². The molecule has 1 saturated heterocycles. The third kappa shape index (κ3) is 1.58. The lowest BCUT2D eigenvalue weighted by molar-refractivity contribution is -0.121. The summed E-state index contributed by atoms with van der Waals surface area (Å²) in [7, 11) is 1.60. The molecule has 1 aromatic rings. The minimum Gasteiger partial charge on any atom is -0.311 e. The molecule has 1 heterocycles. The van der Waals surface area contributed by atoms with Crippen LogP contribution in [0.15, 0.2) is 30.8 Å². The summed E-state index contributed by atoms with van der Waals surface area (Å²) in [4.78, 5) is 24.2. The molecule has 1 unspecified atom stereocenters. The Balaban J connectivity index is 2.33. The van der Waals surface area contributed by atoms with Crippen LogP contribution in [0.1, 0.15) is 17.2 Å². The number of likely N-dealkylation sites (N-methyl/N-ethyl adjacent to an activating group) is 1. The van der Waals surface area contributed by atoms with E-state index in [-0.39, 0.29) is 11.9 Å². The molecule has 1 aromatic carbocycles. The summed E-state index contributed by atoms with van der Waals surface area (Å²) in [6.45, 7) is 3.66. The molecule has 0 aliphatic carbocycles. The molecule has 4 nitrogen and oxygen atoms in total. The van der Waals surface area contributed by atoms with Crippen molar-refractivity contribution in [2.75, 3.05) is 7.05 Å². The van der Waals surface area contributed by atoms with E-state index in [1.54, 1.807) is 13.1 Å². The SMILES string of the molecule is C=Cc1ccc(C2C(=O)NC(=O)N2C)cc1. The van der Waals surface area contributed by atoms with Crippen LogP contribution >= 0.6 is 0 Å². The maximum atomic E-state index is 11.6. The Morgan fingerprint density at radius 3 is 2.38 bits per heavy atom. The molecule has 1 aliphatic heterocycles. The number of nitrogens with one attached hydrogen (secondary N) is 1. The van der Waals surface area contributed by atoms with E-state index in [1.807, 2.05) is 24.3 Å². The van der Waals surface area contributed by atoms with E-state index in [0.29, 0.717) is 0 Å². The predicted octanol–water partition coefficient (Wildman–Crippen LogP) is 1.55. The van der Waals surface area contributed by atoms with Crippen molar-refractivity contribution in [1.82, 2.24) is 10.2 Å². The zero-order chi connectivity index (χ0) is 11.7. The van der Waals surface area contributed by atoms with Gasteiger partial charge in [-0.15, -0.1) is 0 Å². The summed E-state index contributed by atoms with van der Waals surface area (Å²) < 4.78 is 0. The van der Waals surface area contributed by atoms with Gasteiger partial charge in [-0.05, 0) is 11.1 Å². The van der Waals surface area contributed by atoms with Crippen LogP contribution in [0.5, 0.6) is 0 Å². The second-order valence-electron chi connectivity index (χ2n) is 3.68. The van der Waals surface area contributed by atoms with Gasteiger partial charge < -0.3 is 4.90 Å². The highest BCUT2D eigenvalue weighted by molar-refractivity contribution is 6.04. The maximum Gasteiger partial charge on any atom is 0.324 e. The quantitative estimate of drug-likeness (QED) is 0.762. The average Bonchev–Trinajstić information content (AvgIpc) is 2.54. The summed E-state index contributed by atoms with van der Waals surface area (Å²) in [5, 5.41) is 2.27. The Bertz CT molecular complexity index is 451. The molecule has 0 radical (unpaired) electrons. The first-order valence-corrected chi connectivity index (χ1v) is 4.93. The first-order valence-electron chi connectivity index (χ1n) is 4.93. The molecule has 1 N–H and O–H groups in total. The lowest BCUT2D eigenvalue weighted by atomic mass is 10.0. The highest BCUT2D eigenvalue weighted by Gasteiger charge is 2.36. The van der Waals surface area contributed by atoms with Crippen LogP contribution in [0, 0.1) is 0 Å². The lowest BCUT2D eigenvalue weighted by Crippen LogP contribution is -2.25. The van der Waals surface area contributed by atoms with Crippen molar-refractivity contribution < 1.29 is 9.59 Å². The van der Waals surface area contributed by atoms with Crippen molar-refractivity contribution in [2.24, 2.45) is 0 Å². The summed E-state index contributed by atoms with van der Waals surface area (Å²) in [6, 6.07) is 6.51. The Labute approximate surface area is 93.6 Å². The number of benzene rings is 1. The van der Waals surface area contributed by atoms with Crippen molar-refractivity contribution in [1.29, 1.82) is 0 Å². The van der Waals surface area contributed by atoms with Crippen molar-refractivity contribution in [2.45, 2.75) is 6.04 Å². The fourth-order valence-corrected chi connectivity index (χ4v) is 1.74. The van der Waals surface area contributed by atoms with Gasteiger partial charge in [0.15, 0.2) is 0 Å². The summed E-state index contributed by atoms with van der Waals surface area (Å²) in [5.74, 6) is -0.279. The minimum absolute atomic E-state index is 0.279. The first kappa shape index (κ1) is 10.4. The molecule has 16 heavy (non-hydrogen) atoms. The number of urea groups is 1. The van der Waals surface area contributed by atoms with Crippen molar-refractivity contribution in [3.63, 3.8) is 0 Å². The molecule has 3 amide bonds. The molecule has 0 aromatic heterocycles. The van der Waals surface area contributed by atoms with E-state index in [1.165, 1.54) is 4.90 Å². The van der Waals surface area contributed by atoms with Crippen LogP contribution in [-0.2, 0) is 4.79 Å². The van der Waals surface area contributed by atoms with Gasteiger partial charge in [-0.2, -0.15) is 0 Å². The molecule has 0 spiro atoms. The summed E-state index contributed by atoms with van der Waals surface area (Å²) >= 11 is 0. The Hall–Kier alpha value is -2.10. The fourth-order valence-electron chi connectivity index (χ4n) is 1.74. The van der Waals surface area contributed by atoms with Crippen LogP contribution in [0.3, 0.4) is 0 Å². The lowest BCUT2D eigenvalue weighted by Gasteiger charge is -2.16. The van der Waals surface area contributed by atoms with E-state index >= 15 is 0 Å². The average molecular weight is 216 g/mol. The zero-order valence-electron chi connectivity index (χ0n) is 8.93. The Morgan fingerprint density at radius 1 is 1.31 bits per heavy atom. The number of amides is 3. The van der Waals surface area contributed by atoms with Crippen LogP contribution in [-0.4, -0.2) is 23.9 Å². The van der Waals surface area contributed by atoms with Crippen LogP contribution in [0.2, 0.25) is 0 Å². The Morgan fingerprint density at radius 2 is 1.94 bits per heavy atom. The van der Waals surface area contributed by atoms with Gasteiger partial charge >= 0.3 is 6.03 Å². The number of carbonyl (C=O) groups excluding carboxylic acids is 2. The van der Waals surface area contributed by atoms with Gasteiger partial charge in [0, 0.05) is 7.05 Å². The van der Waals surface area contributed by atoms with Crippen molar-refractivity contribution in [3.8, 4) is 0 Å². The largest absolute Gasteiger partial charge is 0.324 e. The second-order valence-corrected chi connectivity index (χ2v) is 3.68. The van der Waals surface area contributed by atoms with E-state index in [2.05, 4.69) is 11.9 Å². The number of carbonyl (C=O) groups is 2. The highest BCUT2D eigenvalue weighted by atomic mass is 16.2. The third-order valence-corrected chi connectivity index (χ3v) is 2.67. The van der Waals surface area contributed by atoms with Gasteiger partial charge in [-0.25, -0.2) is 4.79 Å². The fraction of sp³-hybridized carbons (Fsp3) is 0.167. The van der Waals surface area contributed by atoms with Gasteiger partial charge in [-0.1, -0.05) is 36.9 Å². The maximum absolute atomic E-state index is 11.6. The van der Waals surface area contributed by atoms with Gasteiger partial charge in [0.05, 0.1) is 0 Å². The molecule has 0 saturated carbocycles. The molecule has 1 atom stereocenters. The topological polar surface area (TPSA) is 49.4 Å². The predicted molar refractivity (Wildman–Crippen MR) is 60.6 cm³/mol. The van der Waals surface area contributed by atoms with E-state index in [4.69, 9.17) is 0 Å². The van der Waals surface area contributed by atoms with Gasteiger partial charge in [0.2, 0.25) is 0 Å². The number of nitrogens with zero attached hydrogens (tertiary/aromatic N) is 1. The summed E-state index contributed by atoms with van der Waals surface area (Å²) in [5.41, 5.74) is 1.78. The number of imide groups is 1. The van der Waals surface area contributed by atoms with Gasteiger partial charge in [0.1, 0.15) is 6.04 Å². The monoisotopic (exact) mass is 216 g/mol. The van der Waals surface area contributed by atoms with Crippen molar-refractivity contribution >= 4 is 18.0 Å². The smallest absolute Gasteiger partial charge is 0.311 e. The molecule has 82 valence electrons. The van der Waals surface area contributed by atoms with E-state index in [0.717, 1.165) is 11.1 Å². The number of hydrogen-bond donors (Lipinski definition) is 1. The van der Waals surface area contributed by atoms with Gasteiger partial charge in [0.25, 0.3) is 5.91 Å². The molecular weight excluding hydrogens is 204 g/mol. The highest BCUT2D eigenvalue weighted by Crippen LogP contribution is 2.24. The van der Waals surface area contributed by atoms with E-state index in [9.17, 15) is 9.59 Å². The number of rotatable bonds is 2. The van der Waals surface area contributed by atoms with Crippen molar-refractivity contribution in [3.05, 3.63) is 42.0 Å². The standard InChI is InChI=1S/C12H12N2O2/c1-3-8-4-6-9(7-5-8)10-11(15)13-12(16)14(10)2/h3-7,10H,1H2,2H3,(H,13,15,16). The Kier molecular flexibility index (Phi) is 2.48. The molecule has 4 heteroatoms. The summed E-state index contributed by atoms with van der Waals surface area (Å²) in [6.07, 6.45) is 1.73. The minimum atomic E-state index is -0.522. The molecule has 1 fully saturated rings. The molecular formula is C12H12N2O2. The second kappa shape index (κ2) is 3.81. The molecule has 1 aliphatic rings. The normalized spacial score (nSPS) is 19.8. The number of hydrogen-bond acceptors (Lipinski definition) is 2. The van der Waals surface area contributed by atoms with Crippen LogP contribution < -0.4 is 5.32 Å².